The van der Waals surface area contributed by atoms with Crippen LogP contribution in [0.15, 0.2) is 97.3 Å². The zero-order valence-electron chi connectivity index (χ0n) is 19.6. The first-order valence-corrected chi connectivity index (χ1v) is 9.77. The summed E-state index contributed by atoms with van der Waals surface area (Å²) >= 11 is 0. The van der Waals surface area contributed by atoms with Gasteiger partial charge in [-0.1, -0.05) is 48.5 Å². The van der Waals surface area contributed by atoms with Crippen molar-refractivity contribution in [2.24, 2.45) is 0 Å². The number of rotatable bonds is 3. The van der Waals surface area contributed by atoms with E-state index in [-0.39, 0.29) is 39.1 Å². The molecule has 2 aromatic heterocycles. The standard InChI is InChI=1S/C12H12N2.2C7H6O2.Cu.3H2O/c1-9-3-5-13-11(7-9)12-8-10(2)4-6-14-12;2*8-7(9)6-4-2-1-3-5-6;;;;/h3-8H,1-2H3;2*1-5H,(H,8,9);;3*1H2/q;;;+2;;;/p-2. The van der Waals surface area contributed by atoms with E-state index < -0.39 is 11.9 Å². The fraction of sp³-hybridized carbons (Fsp3) is 0.0769. The summed E-state index contributed by atoms with van der Waals surface area (Å²) in [4.78, 5) is 28.9. The van der Waals surface area contributed by atoms with E-state index in [9.17, 15) is 14.7 Å². The van der Waals surface area contributed by atoms with Crippen molar-refractivity contribution in [1.82, 2.24) is 9.97 Å². The maximum atomic E-state index is 10.2. The van der Waals surface area contributed by atoms with E-state index in [1.807, 2.05) is 36.7 Å². The molecule has 10 heteroatoms. The molecule has 36 heavy (non-hydrogen) atoms. The molecule has 6 N–H and O–H groups in total. The van der Waals surface area contributed by atoms with Gasteiger partial charge in [0.2, 0.25) is 0 Å². The van der Waals surface area contributed by atoms with Crippen LogP contribution >= 0.6 is 0 Å². The van der Waals surface area contributed by atoms with E-state index in [1.54, 1.807) is 48.5 Å². The van der Waals surface area contributed by atoms with Crippen molar-refractivity contribution in [3.05, 3.63) is 120 Å². The van der Waals surface area contributed by atoms with Crippen LogP contribution in [0.2, 0.25) is 0 Å². The number of aromatic carboxylic acids is 2. The Bertz CT molecular complexity index is 1070. The molecule has 9 nitrogen and oxygen atoms in total. The quantitative estimate of drug-likeness (QED) is 0.382. The van der Waals surface area contributed by atoms with Crippen molar-refractivity contribution in [3.8, 4) is 11.4 Å². The molecule has 195 valence electrons. The van der Waals surface area contributed by atoms with E-state index in [0.29, 0.717) is 5.56 Å². The molecular formula is C26H28CuN2O7. The number of pyridine rings is 2. The minimum absolute atomic E-state index is 0. The molecule has 0 amide bonds. The van der Waals surface area contributed by atoms with Crippen molar-refractivity contribution in [1.29, 1.82) is 0 Å². The molecular weight excluding hydrogens is 516 g/mol. The van der Waals surface area contributed by atoms with Gasteiger partial charge in [0.05, 0.1) is 22.9 Å². The van der Waals surface area contributed by atoms with Crippen molar-refractivity contribution >= 4 is 11.9 Å². The van der Waals surface area contributed by atoms with E-state index in [2.05, 4.69) is 23.8 Å². The van der Waals surface area contributed by atoms with Crippen LogP contribution in [0.3, 0.4) is 0 Å². The van der Waals surface area contributed by atoms with Gasteiger partial charge in [-0.3, -0.25) is 9.97 Å². The Labute approximate surface area is 219 Å². The van der Waals surface area contributed by atoms with Gasteiger partial charge in [-0.05, 0) is 66.9 Å². The van der Waals surface area contributed by atoms with Crippen LogP contribution in [0.1, 0.15) is 31.8 Å². The first kappa shape index (κ1) is 36.6. The van der Waals surface area contributed by atoms with Gasteiger partial charge < -0.3 is 31.4 Å². The Morgan fingerprint density at radius 3 is 1.31 bits per heavy atom. The number of carboxylic acid groups (broad SMARTS) is 2. The van der Waals surface area contributed by atoms with Crippen LogP contribution in [-0.4, -0.2) is 43.4 Å². The number of carboxylic acids is 2. The van der Waals surface area contributed by atoms with Crippen LogP contribution in [0.4, 0.5) is 0 Å². The molecule has 0 aliphatic heterocycles. The average Bonchev–Trinajstić information content (AvgIpc) is 2.81. The average molecular weight is 544 g/mol. The molecule has 0 fully saturated rings. The Morgan fingerprint density at radius 1 is 0.694 bits per heavy atom. The Hall–Kier alpha value is -3.92. The number of hydrogen-bond acceptors (Lipinski definition) is 6. The predicted molar refractivity (Wildman–Crippen MR) is 130 cm³/mol. The normalized spacial score (nSPS) is 8.39. The second-order valence-electron chi connectivity index (χ2n) is 6.76. The van der Waals surface area contributed by atoms with Gasteiger partial charge in [0.1, 0.15) is 0 Å². The maximum absolute atomic E-state index is 10.2. The number of carbonyl (C=O) groups excluding carboxylic acids is 1. The zero-order valence-corrected chi connectivity index (χ0v) is 20.5. The zero-order chi connectivity index (χ0) is 23.3. The summed E-state index contributed by atoms with van der Waals surface area (Å²) in [6.45, 7) is 4.11. The smallest absolute Gasteiger partial charge is 0.870 e. The molecule has 0 saturated heterocycles. The van der Waals surface area contributed by atoms with Gasteiger partial charge in [0, 0.05) is 12.4 Å². The SMILES string of the molecule is Cc1ccnc(-c2cc(C)ccn2)c1.O.O.O=C(O)c1ccccc1.O=C([O-])c1ccccc1.[Cu+2].[OH-]. The van der Waals surface area contributed by atoms with Gasteiger partial charge in [-0.25, -0.2) is 4.79 Å². The van der Waals surface area contributed by atoms with Crippen LogP contribution < -0.4 is 5.11 Å². The Kier molecular flexibility index (Phi) is 19.7. The molecule has 0 unspecified atom stereocenters. The van der Waals surface area contributed by atoms with Gasteiger partial charge in [0.25, 0.3) is 0 Å². The molecule has 0 aliphatic carbocycles. The molecule has 0 saturated carbocycles. The molecule has 0 atom stereocenters. The predicted octanol–water partition coefficient (Wildman–Crippen LogP) is 2.37. The minimum Gasteiger partial charge on any atom is -0.870 e. The van der Waals surface area contributed by atoms with Crippen molar-refractivity contribution < 1.29 is 53.3 Å². The van der Waals surface area contributed by atoms with Crippen LogP contribution in [0.5, 0.6) is 0 Å². The third kappa shape index (κ3) is 13.1. The molecule has 2 aromatic carbocycles. The van der Waals surface area contributed by atoms with Crippen molar-refractivity contribution in [2.45, 2.75) is 13.8 Å². The van der Waals surface area contributed by atoms with E-state index in [1.165, 1.54) is 23.3 Å². The fourth-order valence-electron chi connectivity index (χ4n) is 2.51. The van der Waals surface area contributed by atoms with Gasteiger partial charge in [-0.15, -0.1) is 0 Å². The van der Waals surface area contributed by atoms with E-state index in [0.717, 1.165) is 11.4 Å². The third-order valence-electron chi connectivity index (χ3n) is 4.12. The second kappa shape index (κ2) is 19.4. The summed E-state index contributed by atoms with van der Waals surface area (Å²) in [5.41, 5.74) is 4.84. The maximum Gasteiger partial charge on any atom is 2.00 e. The molecule has 0 aliphatic rings. The number of nitrogens with zero attached hydrogens (tertiary/aromatic N) is 2. The summed E-state index contributed by atoms with van der Waals surface area (Å²) < 4.78 is 0. The van der Waals surface area contributed by atoms with Crippen LogP contribution in [-0.2, 0) is 17.1 Å². The minimum atomic E-state index is -1.13. The molecule has 4 rings (SSSR count). The van der Waals surface area contributed by atoms with Gasteiger partial charge >= 0.3 is 23.0 Å². The monoisotopic (exact) mass is 543 g/mol. The van der Waals surface area contributed by atoms with E-state index >= 15 is 0 Å². The van der Waals surface area contributed by atoms with Crippen molar-refractivity contribution in [2.75, 3.05) is 0 Å². The summed E-state index contributed by atoms with van der Waals surface area (Å²) in [6.07, 6.45) is 3.63. The number of aryl methyl sites for hydroxylation is 2. The molecule has 4 aromatic rings. The topological polar surface area (TPSA) is 196 Å². The van der Waals surface area contributed by atoms with Gasteiger partial charge in [0.15, 0.2) is 0 Å². The number of benzene rings is 2. The van der Waals surface area contributed by atoms with E-state index in [4.69, 9.17) is 5.11 Å². The Morgan fingerprint density at radius 2 is 1.06 bits per heavy atom. The van der Waals surface area contributed by atoms with Gasteiger partial charge in [-0.2, -0.15) is 0 Å². The molecule has 0 bridgehead atoms. The second-order valence-corrected chi connectivity index (χ2v) is 6.76. The summed E-state index contributed by atoms with van der Waals surface area (Å²) in [5.74, 6) is -2.01. The summed E-state index contributed by atoms with van der Waals surface area (Å²) in [5, 5.41) is 18.5. The number of aromatic nitrogens is 2. The molecule has 1 radical (unpaired) electrons. The fourth-order valence-corrected chi connectivity index (χ4v) is 2.51. The first-order chi connectivity index (χ1) is 15.4. The first-order valence-electron chi connectivity index (χ1n) is 9.77. The summed E-state index contributed by atoms with van der Waals surface area (Å²) in [6, 6.07) is 24.4. The largest absolute Gasteiger partial charge is 2.00 e. The van der Waals surface area contributed by atoms with Crippen LogP contribution in [0, 0.1) is 13.8 Å². The van der Waals surface area contributed by atoms with Crippen LogP contribution in [0.25, 0.3) is 11.4 Å². The summed E-state index contributed by atoms with van der Waals surface area (Å²) in [7, 11) is 0. The third-order valence-corrected chi connectivity index (χ3v) is 4.12. The van der Waals surface area contributed by atoms with Crippen molar-refractivity contribution in [3.63, 3.8) is 0 Å². The number of carbonyl (C=O) groups is 2. The molecule has 0 spiro atoms. The molecule has 2 heterocycles. The number of hydrogen-bond donors (Lipinski definition) is 1. The Balaban J connectivity index is -0.000000445.